The standard InChI is InChI=1S/C17H34O/c1-15(2)10-8-9-13-18-17(3,4)14-16-11-6-5-7-12-16/h15-16H,5-14H2,1-4H3. The van der Waals surface area contributed by atoms with Gasteiger partial charge < -0.3 is 4.74 Å². The zero-order valence-electron chi connectivity index (χ0n) is 13.1. The predicted octanol–water partition coefficient (Wildman–Crippen LogP) is 5.58. The highest BCUT2D eigenvalue weighted by Gasteiger charge is 2.25. The Morgan fingerprint density at radius 1 is 1.06 bits per heavy atom. The summed E-state index contributed by atoms with van der Waals surface area (Å²) in [4.78, 5) is 0. The smallest absolute Gasteiger partial charge is 0.0629 e. The van der Waals surface area contributed by atoms with E-state index in [0.29, 0.717) is 0 Å². The minimum absolute atomic E-state index is 0.0971. The number of unbranched alkanes of at least 4 members (excludes halogenated alkanes) is 1. The third-order valence-corrected chi connectivity index (χ3v) is 4.17. The van der Waals surface area contributed by atoms with Crippen molar-refractivity contribution < 1.29 is 4.74 Å². The summed E-state index contributed by atoms with van der Waals surface area (Å²) in [6.45, 7) is 10.1. The molecule has 0 aliphatic heterocycles. The van der Waals surface area contributed by atoms with E-state index in [0.717, 1.165) is 18.4 Å². The van der Waals surface area contributed by atoms with Crippen LogP contribution in [0.5, 0.6) is 0 Å². The SMILES string of the molecule is CC(C)CCCCOC(C)(C)CC1CCCCC1. The van der Waals surface area contributed by atoms with Gasteiger partial charge in [-0.3, -0.25) is 0 Å². The van der Waals surface area contributed by atoms with E-state index in [1.54, 1.807) is 0 Å². The average Bonchev–Trinajstić information content (AvgIpc) is 2.28. The van der Waals surface area contributed by atoms with E-state index < -0.39 is 0 Å². The summed E-state index contributed by atoms with van der Waals surface area (Å²) in [6, 6.07) is 0. The normalized spacial score (nSPS) is 18.5. The Hall–Kier alpha value is -0.0400. The zero-order chi connectivity index (χ0) is 13.4. The van der Waals surface area contributed by atoms with E-state index in [4.69, 9.17) is 4.74 Å². The highest BCUT2D eigenvalue weighted by Crippen LogP contribution is 2.32. The fourth-order valence-electron chi connectivity index (χ4n) is 3.15. The Morgan fingerprint density at radius 3 is 2.33 bits per heavy atom. The molecule has 0 spiro atoms. The Morgan fingerprint density at radius 2 is 1.72 bits per heavy atom. The summed E-state index contributed by atoms with van der Waals surface area (Å²) in [5.41, 5.74) is 0.0971. The Labute approximate surface area is 115 Å². The highest BCUT2D eigenvalue weighted by atomic mass is 16.5. The van der Waals surface area contributed by atoms with Gasteiger partial charge in [0, 0.05) is 6.61 Å². The molecule has 1 aliphatic carbocycles. The van der Waals surface area contributed by atoms with Gasteiger partial charge in [0.1, 0.15) is 0 Å². The largest absolute Gasteiger partial charge is 0.376 e. The molecule has 0 atom stereocenters. The van der Waals surface area contributed by atoms with Crippen molar-refractivity contribution in [2.75, 3.05) is 6.61 Å². The first-order valence-electron chi connectivity index (χ1n) is 8.13. The van der Waals surface area contributed by atoms with Gasteiger partial charge >= 0.3 is 0 Å². The van der Waals surface area contributed by atoms with Crippen LogP contribution in [0.15, 0.2) is 0 Å². The molecular formula is C17H34O. The predicted molar refractivity (Wildman–Crippen MR) is 79.9 cm³/mol. The molecule has 0 aromatic heterocycles. The van der Waals surface area contributed by atoms with Gasteiger partial charge in [-0.2, -0.15) is 0 Å². The van der Waals surface area contributed by atoms with E-state index in [-0.39, 0.29) is 5.60 Å². The lowest BCUT2D eigenvalue weighted by molar-refractivity contribution is -0.0388. The lowest BCUT2D eigenvalue weighted by atomic mass is 9.82. The summed E-state index contributed by atoms with van der Waals surface area (Å²) in [7, 11) is 0. The lowest BCUT2D eigenvalue weighted by Gasteiger charge is -2.32. The van der Waals surface area contributed by atoms with Crippen LogP contribution in [0.3, 0.4) is 0 Å². The monoisotopic (exact) mass is 254 g/mol. The maximum Gasteiger partial charge on any atom is 0.0629 e. The van der Waals surface area contributed by atoms with Crippen LogP contribution in [0.1, 0.15) is 85.5 Å². The van der Waals surface area contributed by atoms with Crippen molar-refractivity contribution in [2.24, 2.45) is 11.8 Å². The number of rotatable bonds is 8. The molecule has 0 saturated heterocycles. The van der Waals surface area contributed by atoms with Gasteiger partial charge in [-0.25, -0.2) is 0 Å². The molecule has 0 radical (unpaired) electrons. The van der Waals surface area contributed by atoms with Crippen LogP contribution in [-0.2, 0) is 4.74 Å². The number of hydrogen-bond donors (Lipinski definition) is 0. The minimum atomic E-state index is 0.0971. The topological polar surface area (TPSA) is 9.23 Å². The Bertz CT molecular complexity index is 202. The number of ether oxygens (including phenoxy) is 1. The Kier molecular flexibility index (Phi) is 7.29. The fourth-order valence-corrected chi connectivity index (χ4v) is 3.15. The van der Waals surface area contributed by atoms with Crippen molar-refractivity contribution >= 4 is 0 Å². The summed E-state index contributed by atoms with van der Waals surface area (Å²) < 4.78 is 6.11. The van der Waals surface area contributed by atoms with E-state index in [2.05, 4.69) is 27.7 Å². The third kappa shape index (κ3) is 7.41. The molecule has 0 unspecified atom stereocenters. The van der Waals surface area contributed by atoms with Crippen LogP contribution in [0, 0.1) is 11.8 Å². The first-order chi connectivity index (χ1) is 8.49. The van der Waals surface area contributed by atoms with Crippen LogP contribution in [0.25, 0.3) is 0 Å². The fraction of sp³-hybridized carbons (Fsp3) is 1.00. The molecule has 0 N–H and O–H groups in total. The average molecular weight is 254 g/mol. The van der Waals surface area contributed by atoms with Gasteiger partial charge in [-0.05, 0) is 38.5 Å². The summed E-state index contributed by atoms with van der Waals surface area (Å²) in [5.74, 6) is 1.75. The van der Waals surface area contributed by atoms with Gasteiger partial charge in [0.15, 0.2) is 0 Å². The second kappa shape index (κ2) is 8.19. The van der Waals surface area contributed by atoms with Gasteiger partial charge in [-0.15, -0.1) is 0 Å². The molecule has 1 heteroatoms. The molecule has 0 bridgehead atoms. The van der Waals surface area contributed by atoms with Crippen LogP contribution in [0.2, 0.25) is 0 Å². The second-order valence-corrected chi connectivity index (χ2v) is 7.21. The summed E-state index contributed by atoms with van der Waals surface area (Å²) in [6.07, 6.45) is 12.3. The second-order valence-electron chi connectivity index (χ2n) is 7.21. The van der Waals surface area contributed by atoms with Gasteiger partial charge in [0.2, 0.25) is 0 Å². The van der Waals surface area contributed by atoms with E-state index in [9.17, 15) is 0 Å². The van der Waals surface area contributed by atoms with Gasteiger partial charge in [-0.1, -0.05) is 58.8 Å². The molecular weight excluding hydrogens is 220 g/mol. The molecule has 1 saturated carbocycles. The van der Waals surface area contributed by atoms with E-state index >= 15 is 0 Å². The lowest BCUT2D eigenvalue weighted by Crippen LogP contribution is -2.29. The van der Waals surface area contributed by atoms with Crippen molar-refractivity contribution in [3.05, 3.63) is 0 Å². The maximum atomic E-state index is 6.11. The van der Waals surface area contributed by atoms with Crippen molar-refractivity contribution in [2.45, 2.75) is 91.1 Å². The Balaban J connectivity index is 2.10. The molecule has 0 aromatic rings. The summed E-state index contributed by atoms with van der Waals surface area (Å²) >= 11 is 0. The molecule has 0 heterocycles. The van der Waals surface area contributed by atoms with Gasteiger partial charge in [0.25, 0.3) is 0 Å². The van der Waals surface area contributed by atoms with Crippen molar-refractivity contribution in [1.29, 1.82) is 0 Å². The van der Waals surface area contributed by atoms with Crippen LogP contribution >= 0.6 is 0 Å². The van der Waals surface area contributed by atoms with Crippen molar-refractivity contribution in [3.63, 3.8) is 0 Å². The molecule has 1 nitrogen and oxygen atoms in total. The first kappa shape index (κ1) is 16.0. The molecule has 1 fully saturated rings. The quantitative estimate of drug-likeness (QED) is 0.514. The van der Waals surface area contributed by atoms with Crippen molar-refractivity contribution in [3.8, 4) is 0 Å². The van der Waals surface area contributed by atoms with Crippen LogP contribution < -0.4 is 0 Å². The first-order valence-corrected chi connectivity index (χ1v) is 8.13. The molecule has 1 aliphatic rings. The van der Waals surface area contributed by atoms with E-state index in [1.165, 1.54) is 57.8 Å². The molecule has 108 valence electrons. The minimum Gasteiger partial charge on any atom is -0.376 e. The third-order valence-electron chi connectivity index (χ3n) is 4.17. The van der Waals surface area contributed by atoms with Gasteiger partial charge in [0.05, 0.1) is 5.60 Å². The van der Waals surface area contributed by atoms with Crippen molar-refractivity contribution in [1.82, 2.24) is 0 Å². The number of hydrogen-bond acceptors (Lipinski definition) is 1. The molecule has 0 amide bonds. The molecule has 0 aromatic carbocycles. The molecule has 18 heavy (non-hydrogen) atoms. The highest BCUT2D eigenvalue weighted by molar-refractivity contribution is 4.76. The van der Waals surface area contributed by atoms with Crippen LogP contribution in [0.4, 0.5) is 0 Å². The molecule has 1 rings (SSSR count). The summed E-state index contributed by atoms with van der Waals surface area (Å²) in [5, 5.41) is 0. The zero-order valence-corrected chi connectivity index (χ0v) is 13.1. The maximum absolute atomic E-state index is 6.11. The van der Waals surface area contributed by atoms with Crippen LogP contribution in [-0.4, -0.2) is 12.2 Å². The van der Waals surface area contributed by atoms with E-state index in [1.807, 2.05) is 0 Å².